The van der Waals surface area contributed by atoms with Gasteiger partial charge < -0.3 is 19.1 Å². The van der Waals surface area contributed by atoms with Gasteiger partial charge >= 0.3 is 0 Å². The Morgan fingerprint density at radius 1 is 1.44 bits per heavy atom. The number of carbonyl (C=O) groups excluding carboxylic acids is 2. The van der Waals surface area contributed by atoms with Gasteiger partial charge in [-0.1, -0.05) is 0 Å². The number of amides is 1. The Labute approximate surface area is 146 Å². The van der Waals surface area contributed by atoms with Crippen molar-refractivity contribution in [2.24, 2.45) is 5.92 Å². The predicted octanol–water partition coefficient (Wildman–Crippen LogP) is 2.70. The van der Waals surface area contributed by atoms with Crippen LogP contribution in [-0.4, -0.2) is 27.3 Å². The minimum absolute atomic E-state index is 0.00669. The van der Waals surface area contributed by atoms with Crippen LogP contribution in [0.25, 0.3) is 4.85 Å². The summed E-state index contributed by atoms with van der Waals surface area (Å²) in [7, 11) is 0. The summed E-state index contributed by atoms with van der Waals surface area (Å²) in [5, 5.41) is 2.87. The third-order valence-corrected chi connectivity index (χ3v) is 3.69. The largest absolute Gasteiger partial charge is 0.461 e. The molecule has 2 heterocycles. The zero-order valence-corrected chi connectivity index (χ0v) is 14.4. The van der Waals surface area contributed by atoms with Gasteiger partial charge in [-0.3, -0.25) is 9.59 Å². The summed E-state index contributed by atoms with van der Waals surface area (Å²) in [5.74, 6) is -0.513. The number of hydrogen-bond acceptors (Lipinski definition) is 4. The van der Waals surface area contributed by atoms with E-state index >= 15 is 0 Å². The predicted molar refractivity (Wildman–Crippen MR) is 91.6 cm³/mol. The number of aryl methyl sites for hydroxylation is 1. The van der Waals surface area contributed by atoms with Crippen molar-refractivity contribution in [1.82, 2.24) is 14.9 Å². The first kappa shape index (κ1) is 18.5. The highest BCUT2D eigenvalue weighted by Gasteiger charge is 2.24. The van der Waals surface area contributed by atoms with Crippen molar-refractivity contribution in [3.63, 3.8) is 0 Å². The molecule has 0 aliphatic rings. The molecule has 0 radical (unpaired) electrons. The summed E-state index contributed by atoms with van der Waals surface area (Å²) in [6, 6.07) is 3.26. The number of aromatic nitrogens is 2. The van der Waals surface area contributed by atoms with Crippen molar-refractivity contribution >= 4 is 11.7 Å². The Kier molecular flexibility index (Phi) is 6.52. The Morgan fingerprint density at radius 2 is 2.24 bits per heavy atom. The van der Waals surface area contributed by atoms with Crippen LogP contribution in [0.3, 0.4) is 0 Å². The van der Waals surface area contributed by atoms with E-state index in [4.69, 9.17) is 11.0 Å². The number of rotatable bonds is 9. The lowest BCUT2D eigenvalue weighted by Gasteiger charge is -2.18. The molecule has 25 heavy (non-hydrogen) atoms. The van der Waals surface area contributed by atoms with Crippen LogP contribution in [0.2, 0.25) is 0 Å². The zero-order valence-electron chi connectivity index (χ0n) is 14.4. The van der Waals surface area contributed by atoms with Gasteiger partial charge in [0.15, 0.2) is 11.5 Å². The van der Waals surface area contributed by atoms with Gasteiger partial charge in [0.1, 0.15) is 5.69 Å². The SMILES string of the molecule is [C-]#[N+]Cc1cn(CC[C@H](CC(=O)c2ccco2)C(=O)NC(C)C)cn1. The summed E-state index contributed by atoms with van der Waals surface area (Å²) >= 11 is 0. The molecular weight excluding hydrogens is 320 g/mol. The molecule has 0 aromatic carbocycles. The Balaban J connectivity index is 2.01. The second kappa shape index (κ2) is 8.83. The summed E-state index contributed by atoms with van der Waals surface area (Å²) < 4.78 is 6.97. The van der Waals surface area contributed by atoms with E-state index in [1.165, 1.54) is 6.26 Å². The summed E-state index contributed by atoms with van der Waals surface area (Å²) in [5.41, 5.74) is 0.699. The monoisotopic (exact) mass is 342 g/mol. The lowest BCUT2D eigenvalue weighted by atomic mass is 9.96. The van der Waals surface area contributed by atoms with Crippen LogP contribution in [-0.2, 0) is 17.9 Å². The van der Waals surface area contributed by atoms with E-state index in [9.17, 15) is 9.59 Å². The minimum Gasteiger partial charge on any atom is -0.461 e. The van der Waals surface area contributed by atoms with E-state index in [-0.39, 0.29) is 36.5 Å². The highest BCUT2D eigenvalue weighted by atomic mass is 16.3. The lowest BCUT2D eigenvalue weighted by Crippen LogP contribution is -2.37. The first-order valence-corrected chi connectivity index (χ1v) is 8.20. The van der Waals surface area contributed by atoms with E-state index in [0.717, 1.165) is 0 Å². The first-order chi connectivity index (χ1) is 12.0. The van der Waals surface area contributed by atoms with E-state index in [1.807, 2.05) is 18.4 Å². The van der Waals surface area contributed by atoms with Crippen molar-refractivity contribution in [1.29, 1.82) is 0 Å². The molecule has 2 aromatic rings. The molecule has 132 valence electrons. The van der Waals surface area contributed by atoms with Crippen molar-refractivity contribution in [2.75, 3.05) is 0 Å². The number of ketones is 1. The quantitative estimate of drug-likeness (QED) is 0.561. The van der Waals surface area contributed by atoms with Crippen molar-refractivity contribution in [2.45, 2.75) is 45.8 Å². The minimum atomic E-state index is -0.452. The Bertz CT molecular complexity index is 741. The third-order valence-electron chi connectivity index (χ3n) is 3.69. The second-order valence-electron chi connectivity index (χ2n) is 6.17. The number of nitrogens with one attached hydrogen (secondary N) is 1. The molecular formula is C18H22N4O3. The van der Waals surface area contributed by atoms with Gasteiger partial charge in [0.25, 0.3) is 6.54 Å². The maximum atomic E-state index is 12.4. The second-order valence-corrected chi connectivity index (χ2v) is 6.17. The Hall–Kier alpha value is -2.88. The van der Waals surface area contributed by atoms with Crippen LogP contribution in [0.15, 0.2) is 35.3 Å². The van der Waals surface area contributed by atoms with E-state index in [1.54, 1.807) is 24.7 Å². The number of carbonyl (C=O) groups is 2. The molecule has 7 nitrogen and oxygen atoms in total. The van der Waals surface area contributed by atoms with Gasteiger partial charge in [0.2, 0.25) is 5.91 Å². The van der Waals surface area contributed by atoms with Crippen LogP contribution in [0.5, 0.6) is 0 Å². The van der Waals surface area contributed by atoms with Gasteiger partial charge in [-0.05, 0) is 32.4 Å². The molecule has 2 rings (SSSR count). The van der Waals surface area contributed by atoms with Gasteiger partial charge in [0.05, 0.1) is 12.6 Å². The molecule has 2 aromatic heterocycles. The number of hydrogen-bond donors (Lipinski definition) is 1. The zero-order chi connectivity index (χ0) is 18.2. The summed E-state index contributed by atoms with van der Waals surface area (Å²) in [6.07, 6.45) is 5.48. The van der Waals surface area contributed by atoms with Crippen LogP contribution in [0.4, 0.5) is 0 Å². The smallest absolute Gasteiger partial charge is 0.257 e. The van der Waals surface area contributed by atoms with Crippen LogP contribution in [0.1, 0.15) is 42.9 Å². The highest BCUT2D eigenvalue weighted by molar-refractivity contribution is 5.96. The highest BCUT2D eigenvalue weighted by Crippen LogP contribution is 2.16. The average molecular weight is 342 g/mol. The van der Waals surface area contributed by atoms with Crippen LogP contribution in [0, 0.1) is 12.5 Å². The van der Waals surface area contributed by atoms with E-state index in [2.05, 4.69) is 15.1 Å². The van der Waals surface area contributed by atoms with Crippen LogP contribution >= 0.6 is 0 Å². The molecule has 1 amide bonds. The topological polar surface area (TPSA) is 81.5 Å². The maximum Gasteiger partial charge on any atom is 0.257 e. The maximum absolute atomic E-state index is 12.4. The molecule has 0 spiro atoms. The third kappa shape index (κ3) is 5.60. The average Bonchev–Trinajstić information content (AvgIpc) is 3.22. The number of nitrogens with zero attached hydrogens (tertiary/aromatic N) is 3. The molecule has 0 bridgehead atoms. The summed E-state index contributed by atoms with van der Waals surface area (Å²) in [4.78, 5) is 32.2. The van der Waals surface area contributed by atoms with Crippen molar-refractivity contribution in [3.05, 3.63) is 53.8 Å². The molecule has 0 aliphatic carbocycles. The standard InChI is InChI=1S/C18H22N4O3/c1-13(2)21-18(24)14(9-16(23)17-5-4-8-25-17)6-7-22-11-15(10-19-3)20-12-22/h4-5,8,11-14H,6-7,9-10H2,1-2H3,(H,21,24)/t14-/m1/s1. The normalized spacial score (nSPS) is 11.9. The van der Waals surface area contributed by atoms with Gasteiger partial charge in [-0.2, -0.15) is 0 Å². The fourth-order valence-corrected chi connectivity index (χ4v) is 2.49. The molecule has 0 saturated heterocycles. The van der Waals surface area contributed by atoms with E-state index < -0.39 is 5.92 Å². The van der Waals surface area contributed by atoms with Crippen molar-refractivity contribution in [3.8, 4) is 0 Å². The molecule has 1 atom stereocenters. The fourth-order valence-electron chi connectivity index (χ4n) is 2.49. The fraction of sp³-hybridized carbons (Fsp3) is 0.444. The van der Waals surface area contributed by atoms with E-state index in [0.29, 0.717) is 18.7 Å². The Morgan fingerprint density at radius 3 is 2.88 bits per heavy atom. The van der Waals surface area contributed by atoms with Gasteiger partial charge in [-0.25, -0.2) is 11.6 Å². The lowest BCUT2D eigenvalue weighted by molar-refractivity contribution is -0.125. The molecule has 0 aliphatic heterocycles. The molecule has 0 saturated carbocycles. The molecule has 7 heteroatoms. The van der Waals surface area contributed by atoms with Crippen LogP contribution < -0.4 is 5.32 Å². The number of Topliss-reactive ketones (excluding diaryl/α,β-unsaturated/α-hetero) is 1. The van der Waals surface area contributed by atoms with Gasteiger partial charge in [-0.15, -0.1) is 0 Å². The molecule has 0 unspecified atom stereocenters. The van der Waals surface area contributed by atoms with Gasteiger partial charge in [0, 0.05) is 31.1 Å². The molecule has 1 N–H and O–H groups in total. The number of imidazole rings is 1. The number of furan rings is 1. The molecule has 0 fully saturated rings. The summed E-state index contributed by atoms with van der Waals surface area (Å²) in [6.45, 7) is 11.4. The first-order valence-electron chi connectivity index (χ1n) is 8.20. The van der Waals surface area contributed by atoms with Crippen molar-refractivity contribution < 1.29 is 14.0 Å².